The fraction of sp³-hybridized carbons (Fsp3) is 0.455. The maximum absolute atomic E-state index is 10.7. The van der Waals surface area contributed by atoms with Crippen molar-refractivity contribution in [2.45, 2.75) is 19.9 Å². The molecule has 0 spiro atoms. The third-order valence-electron chi connectivity index (χ3n) is 2.66. The summed E-state index contributed by atoms with van der Waals surface area (Å²) in [4.78, 5) is 14.7. The van der Waals surface area contributed by atoms with Gasteiger partial charge in [0.2, 0.25) is 0 Å². The molecule has 5 radical (unpaired) electrons. The number of hydrogen-bond donors (Lipinski definition) is 0. The van der Waals surface area contributed by atoms with Gasteiger partial charge in [0.1, 0.15) is 12.5 Å². The second kappa shape index (κ2) is 4.39. The maximum Gasteiger partial charge on any atom is 0.311 e. The van der Waals surface area contributed by atoms with Gasteiger partial charge in [0.25, 0.3) is 0 Å². The molecule has 0 N–H and O–H groups in total. The molecule has 1 aliphatic carbocycles. The SMILES string of the molecule is CC(C)[C@H]1COC([C]2[CH][CH][CH][C]2[N+](=O)[O-])=N1. The van der Waals surface area contributed by atoms with Gasteiger partial charge in [-0.1, -0.05) is 13.8 Å². The smallest absolute Gasteiger partial charge is 0.311 e. The summed E-state index contributed by atoms with van der Waals surface area (Å²) in [6.45, 7) is 4.62. The van der Waals surface area contributed by atoms with E-state index in [2.05, 4.69) is 18.8 Å². The summed E-state index contributed by atoms with van der Waals surface area (Å²) >= 11 is 0. The van der Waals surface area contributed by atoms with Crippen LogP contribution in [0.25, 0.3) is 0 Å². The number of ether oxygens (including phenoxy) is 1. The van der Waals surface area contributed by atoms with E-state index in [0.29, 0.717) is 24.3 Å². The van der Waals surface area contributed by atoms with E-state index in [-0.39, 0.29) is 12.1 Å². The fourth-order valence-electron chi connectivity index (χ4n) is 1.63. The van der Waals surface area contributed by atoms with Crippen LogP contribution in [-0.4, -0.2) is 23.5 Å². The van der Waals surface area contributed by atoms with Gasteiger partial charge in [0.05, 0.1) is 12.5 Å². The summed E-state index contributed by atoms with van der Waals surface area (Å²) in [6, 6.07) is 0.160. The van der Waals surface area contributed by atoms with Crippen molar-refractivity contribution in [3.8, 4) is 0 Å². The summed E-state index contributed by atoms with van der Waals surface area (Å²) in [6.07, 6.45) is 4.77. The molecule has 0 saturated heterocycles. The van der Waals surface area contributed by atoms with Crippen molar-refractivity contribution in [1.82, 2.24) is 0 Å². The molecule has 1 fully saturated rings. The van der Waals surface area contributed by atoms with Crippen LogP contribution in [0, 0.1) is 47.3 Å². The predicted octanol–water partition coefficient (Wildman–Crippen LogP) is 1.45. The van der Waals surface area contributed by atoms with Crippen LogP contribution >= 0.6 is 0 Å². The topological polar surface area (TPSA) is 64.7 Å². The van der Waals surface area contributed by atoms with E-state index in [9.17, 15) is 10.1 Å². The summed E-state index contributed by atoms with van der Waals surface area (Å²) in [5.41, 5.74) is 0. The van der Waals surface area contributed by atoms with E-state index in [1.54, 1.807) is 12.8 Å². The van der Waals surface area contributed by atoms with Gasteiger partial charge in [-0.15, -0.1) is 0 Å². The van der Waals surface area contributed by atoms with Gasteiger partial charge in [-0.25, -0.2) is 4.99 Å². The molecule has 2 rings (SSSR count). The second-order valence-electron chi connectivity index (χ2n) is 4.14. The van der Waals surface area contributed by atoms with Crippen LogP contribution in [0.2, 0.25) is 0 Å². The Bertz CT molecular complexity index is 314. The van der Waals surface area contributed by atoms with Crippen LogP contribution in [-0.2, 0) is 4.74 Å². The van der Waals surface area contributed by atoms with Gasteiger partial charge in [-0.2, -0.15) is 0 Å². The third-order valence-corrected chi connectivity index (χ3v) is 2.66. The molecular formula is C11H13N2O3. The molecule has 16 heavy (non-hydrogen) atoms. The predicted molar refractivity (Wildman–Crippen MR) is 58.4 cm³/mol. The minimum Gasteiger partial charge on any atom is -0.478 e. The number of rotatable bonds is 3. The van der Waals surface area contributed by atoms with Gasteiger partial charge in [-0.05, 0) is 18.8 Å². The van der Waals surface area contributed by atoms with E-state index >= 15 is 0 Å². The molecule has 85 valence electrons. The van der Waals surface area contributed by atoms with Crippen molar-refractivity contribution in [2.24, 2.45) is 10.9 Å². The van der Waals surface area contributed by atoms with Crippen LogP contribution in [0.5, 0.6) is 0 Å². The molecule has 0 aromatic rings. The van der Waals surface area contributed by atoms with Gasteiger partial charge in [0, 0.05) is 4.92 Å². The van der Waals surface area contributed by atoms with Crippen molar-refractivity contribution >= 4 is 5.90 Å². The Morgan fingerprint density at radius 2 is 2.31 bits per heavy atom. The zero-order valence-electron chi connectivity index (χ0n) is 9.21. The highest BCUT2D eigenvalue weighted by Gasteiger charge is 2.46. The van der Waals surface area contributed by atoms with E-state index in [4.69, 9.17) is 4.74 Å². The Balaban J connectivity index is 2.08. The summed E-state index contributed by atoms with van der Waals surface area (Å²) in [5, 5.41) is 10.7. The summed E-state index contributed by atoms with van der Waals surface area (Å²) < 4.78 is 5.41. The third kappa shape index (κ3) is 2.03. The molecule has 2 aliphatic rings. The number of hydrogen-bond acceptors (Lipinski definition) is 4. The molecule has 0 amide bonds. The monoisotopic (exact) mass is 221 g/mol. The van der Waals surface area contributed by atoms with Crippen molar-refractivity contribution < 1.29 is 9.66 Å². The molecule has 0 bridgehead atoms. The Kier molecular flexibility index (Phi) is 3.12. The number of nitro groups is 1. The highest BCUT2D eigenvalue weighted by molar-refractivity contribution is 5.97. The zero-order valence-corrected chi connectivity index (χ0v) is 9.21. The lowest BCUT2D eigenvalue weighted by Crippen LogP contribution is -2.21. The van der Waals surface area contributed by atoms with E-state index in [1.165, 1.54) is 6.42 Å². The zero-order chi connectivity index (χ0) is 11.7. The van der Waals surface area contributed by atoms with Crippen LogP contribution in [0.15, 0.2) is 4.99 Å². The molecule has 1 heterocycles. The highest BCUT2D eigenvalue weighted by atomic mass is 16.6. The molecule has 1 saturated carbocycles. The molecule has 1 aliphatic heterocycles. The molecule has 0 unspecified atom stereocenters. The van der Waals surface area contributed by atoms with E-state index < -0.39 is 4.92 Å². The van der Waals surface area contributed by atoms with Crippen molar-refractivity contribution in [3.05, 3.63) is 41.3 Å². The van der Waals surface area contributed by atoms with Crippen LogP contribution < -0.4 is 0 Å². The quantitative estimate of drug-likeness (QED) is 0.535. The molecular weight excluding hydrogens is 208 g/mol. The average Bonchev–Trinajstić information content (AvgIpc) is 2.86. The second-order valence-corrected chi connectivity index (χ2v) is 4.14. The van der Waals surface area contributed by atoms with Crippen molar-refractivity contribution in [1.29, 1.82) is 0 Å². The van der Waals surface area contributed by atoms with Gasteiger partial charge < -0.3 is 4.74 Å². The Morgan fingerprint density at radius 1 is 1.56 bits per heavy atom. The largest absolute Gasteiger partial charge is 0.478 e. The Labute approximate surface area is 95.0 Å². The first-order valence-corrected chi connectivity index (χ1v) is 5.20. The normalized spacial score (nSPS) is 27.2. The van der Waals surface area contributed by atoms with Crippen molar-refractivity contribution in [2.75, 3.05) is 6.61 Å². The molecule has 1 atom stereocenters. The molecule has 5 nitrogen and oxygen atoms in total. The average molecular weight is 221 g/mol. The Hall–Kier alpha value is -1.13. The summed E-state index contributed by atoms with van der Waals surface area (Å²) in [7, 11) is 0. The van der Waals surface area contributed by atoms with Crippen LogP contribution in [0.1, 0.15) is 13.8 Å². The highest BCUT2D eigenvalue weighted by Crippen LogP contribution is 2.36. The lowest BCUT2D eigenvalue weighted by atomic mass is 10.0. The van der Waals surface area contributed by atoms with Crippen LogP contribution in [0.4, 0.5) is 0 Å². The molecule has 5 heteroatoms. The standard InChI is InChI=1S/C11H13N2O3/c1-7(2)9-6-16-11(12-9)8-4-3-5-10(8)13(14)15/h3-5,7,9H,6H2,1-2H3/t9-/m1/s1. The maximum atomic E-state index is 10.7. The molecule has 0 aromatic heterocycles. The van der Waals surface area contributed by atoms with E-state index in [1.807, 2.05) is 0 Å². The lowest BCUT2D eigenvalue weighted by Gasteiger charge is -2.08. The molecule has 0 aromatic carbocycles. The summed E-state index contributed by atoms with van der Waals surface area (Å²) in [5.74, 6) is 1.26. The van der Waals surface area contributed by atoms with E-state index in [0.717, 1.165) is 0 Å². The first-order valence-electron chi connectivity index (χ1n) is 5.20. The minimum atomic E-state index is -0.413. The first kappa shape index (κ1) is 11.4. The Morgan fingerprint density at radius 3 is 2.88 bits per heavy atom. The van der Waals surface area contributed by atoms with Gasteiger partial charge in [0.15, 0.2) is 5.90 Å². The fourth-order valence-corrected chi connectivity index (χ4v) is 1.63. The number of aliphatic imine (C=N–C) groups is 1. The lowest BCUT2D eigenvalue weighted by molar-refractivity contribution is -0.454. The van der Waals surface area contributed by atoms with Crippen molar-refractivity contribution in [3.63, 3.8) is 0 Å². The minimum absolute atomic E-state index is 0.0585. The van der Waals surface area contributed by atoms with Crippen LogP contribution in [0.3, 0.4) is 0 Å². The van der Waals surface area contributed by atoms with Gasteiger partial charge in [-0.3, -0.25) is 10.1 Å². The number of nitrogens with zero attached hydrogens (tertiary/aromatic N) is 2. The van der Waals surface area contributed by atoms with Gasteiger partial charge >= 0.3 is 6.04 Å². The first-order chi connectivity index (χ1) is 7.59.